The van der Waals surface area contributed by atoms with E-state index in [1.807, 2.05) is 0 Å². The first-order valence-corrected chi connectivity index (χ1v) is 3.50. The highest BCUT2D eigenvalue weighted by atomic mass is 13.9. The number of rotatable bonds is 3. The van der Waals surface area contributed by atoms with Gasteiger partial charge in [-0.1, -0.05) is 32.3 Å². The van der Waals surface area contributed by atoms with Crippen molar-refractivity contribution in [1.29, 1.82) is 0 Å². The fourth-order valence-electron chi connectivity index (χ4n) is 0.749. The summed E-state index contributed by atoms with van der Waals surface area (Å²) >= 11 is 0. The first kappa shape index (κ1) is 8.30. The molecule has 0 bridgehead atoms. The summed E-state index contributed by atoms with van der Waals surface area (Å²) < 4.78 is 0. The van der Waals surface area contributed by atoms with Gasteiger partial charge in [0.1, 0.15) is 0 Å². The first-order valence-electron chi connectivity index (χ1n) is 3.50. The van der Waals surface area contributed by atoms with Crippen molar-refractivity contribution in [3.05, 3.63) is 11.6 Å². The van der Waals surface area contributed by atoms with Crippen molar-refractivity contribution in [2.75, 3.05) is 0 Å². The predicted octanol–water partition coefficient (Wildman–Crippen LogP) is 2.76. The molecule has 9 heavy (non-hydrogen) atoms. The van der Waals surface area contributed by atoms with Crippen LogP contribution >= 0.6 is 0 Å². The molecule has 0 fully saturated rings. The van der Waals surface area contributed by atoms with Crippen LogP contribution in [-0.2, 0) is 0 Å². The lowest BCUT2D eigenvalue weighted by Gasteiger charge is -1.92. The average Bonchev–Trinajstić information content (AvgIpc) is 1.88. The Kier molecular flexibility index (Phi) is 5.01. The molecule has 0 aromatic rings. The Balaban J connectivity index is 3.71. The zero-order valence-electron chi connectivity index (χ0n) is 6.28. The molecular formula is C9H14. The molecule has 0 saturated heterocycles. The van der Waals surface area contributed by atoms with Crippen LogP contribution in [-0.4, -0.2) is 0 Å². The molecule has 0 aliphatic carbocycles. The van der Waals surface area contributed by atoms with E-state index < -0.39 is 0 Å². The average molecular weight is 122 g/mol. The minimum absolute atomic E-state index is 1.06. The van der Waals surface area contributed by atoms with Crippen molar-refractivity contribution in [3.63, 3.8) is 0 Å². The maximum atomic E-state index is 5.23. The Labute approximate surface area is 58.0 Å². The molecule has 0 aliphatic heterocycles. The monoisotopic (exact) mass is 122 g/mol. The lowest BCUT2D eigenvalue weighted by atomic mass is 10.1. The normalized spacial score (nSPS) is 11.0. The van der Waals surface area contributed by atoms with Crippen LogP contribution in [0.25, 0.3) is 0 Å². The van der Waals surface area contributed by atoms with Crippen molar-refractivity contribution in [2.45, 2.75) is 33.1 Å². The smallest absolute Gasteiger partial charge is 0.00225 e. The van der Waals surface area contributed by atoms with Crippen LogP contribution in [0.1, 0.15) is 33.1 Å². The largest absolute Gasteiger partial charge is 0.115 e. The summed E-state index contributed by atoms with van der Waals surface area (Å²) in [6.07, 6.45) is 10.6. The first-order chi connectivity index (χ1) is 4.35. The van der Waals surface area contributed by atoms with Crippen LogP contribution < -0.4 is 0 Å². The van der Waals surface area contributed by atoms with E-state index in [9.17, 15) is 0 Å². The molecule has 0 unspecified atom stereocenters. The van der Waals surface area contributed by atoms with Crippen LogP contribution in [0.4, 0.5) is 0 Å². The fraction of sp³-hybridized carbons (Fsp3) is 0.556. The van der Waals surface area contributed by atoms with E-state index >= 15 is 0 Å². The van der Waals surface area contributed by atoms with Gasteiger partial charge in [0.05, 0.1) is 0 Å². The van der Waals surface area contributed by atoms with E-state index in [0.29, 0.717) is 0 Å². The van der Waals surface area contributed by atoms with Crippen molar-refractivity contribution in [3.8, 4) is 12.3 Å². The lowest BCUT2D eigenvalue weighted by Crippen LogP contribution is -1.76. The third-order valence-corrected chi connectivity index (χ3v) is 1.16. The second-order valence-electron chi connectivity index (χ2n) is 2.03. The highest BCUT2D eigenvalue weighted by molar-refractivity contribution is 5.24. The van der Waals surface area contributed by atoms with Crippen LogP contribution in [0.3, 0.4) is 0 Å². The summed E-state index contributed by atoms with van der Waals surface area (Å²) in [4.78, 5) is 0. The molecule has 50 valence electrons. The Morgan fingerprint density at radius 2 is 2.22 bits per heavy atom. The van der Waals surface area contributed by atoms with Gasteiger partial charge >= 0.3 is 0 Å². The topological polar surface area (TPSA) is 0 Å². The van der Waals surface area contributed by atoms with Crippen molar-refractivity contribution < 1.29 is 0 Å². The van der Waals surface area contributed by atoms with Crippen LogP contribution in [0.15, 0.2) is 11.6 Å². The van der Waals surface area contributed by atoms with Gasteiger partial charge in [0, 0.05) is 0 Å². The van der Waals surface area contributed by atoms with Gasteiger partial charge < -0.3 is 0 Å². The van der Waals surface area contributed by atoms with Gasteiger partial charge in [-0.3, -0.25) is 0 Å². The SMILES string of the molecule is C#CC(=CCC)CCC. The van der Waals surface area contributed by atoms with Crippen LogP contribution in [0.2, 0.25) is 0 Å². The van der Waals surface area contributed by atoms with Crippen molar-refractivity contribution in [1.82, 2.24) is 0 Å². The van der Waals surface area contributed by atoms with Crippen LogP contribution in [0, 0.1) is 12.3 Å². The van der Waals surface area contributed by atoms with E-state index in [1.165, 1.54) is 0 Å². The van der Waals surface area contributed by atoms with Crippen molar-refractivity contribution in [2.24, 2.45) is 0 Å². The van der Waals surface area contributed by atoms with E-state index in [-0.39, 0.29) is 0 Å². The molecule has 0 N–H and O–H groups in total. The molecule has 0 rings (SSSR count). The molecule has 0 nitrogen and oxygen atoms in total. The molecule has 0 atom stereocenters. The Hall–Kier alpha value is -0.700. The molecule has 0 heterocycles. The third-order valence-electron chi connectivity index (χ3n) is 1.16. The highest BCUT2D eigenvalue weighted by Gasteiger charge is 1.86. The number of terminal acetylenes is 1. The van der Waals surface area contributed by atoms with Gasteiger partial charge in [-0.05, 0) is 18.4 Å². The Morgan fingerprint density at radius 3 is 2.56 bits per heavy atom. The zero-order valence-corrected chi connectivity index (χ0v) is 6.28. The number of allylic oxidation sites excluding steroid dienone is 2. The molecule has 0 heteroatoms. The predicted molar refractivity (Wildman–Crippen MR) is 42.1 cm³/mol. The van der Waals surface area contributed by atoms with Crippen LogP contribution in [0.5, 0.6) is 0 Å². The lowest BCUT2D eigenvalue weighted by molar-refractivity contribution is 0.924. The summed E-state index contributed by atoms with van der Waals surface area (Å²) in [5.41, 5.74) is 1.15. The summed E-state index contributed by atoms with van der Waals surface area (Å²) in [5, 5.41) is 0. The maximum absolute atomic E-state index is 5.23. The molecular weight excluding hydrogens is 108 g/mol. The molecule has 0 spiro atoms. The second kappa shape index (κ2) is 5.44. The van der Waals surface area contributed by atoms with E-state index in [1.54, 1.807) is 0 Å². The summed E-state index contributed by atoms with van der Waals surface area (Å²) in [6, 6.07) is 0. The number of hydrogen-bond donors (Lipinski definition) is 0. The molecule has 0 saturated carbocycles. The number of hydrogen-bond acceptors (Lipinski definition) is 0. The quantitative estimate of drug-likeness (QED) is 0.505. The molecule has 0 radical (unpaired) electrons. The second-order valence-corrected chi connectivity index (χ2v) is 2.03. The minimum Gasteiger partial charge on any atom is -0.115 e. The standard InChI is InChI=1S/C9H14/c1-4-7-9(6-3)8-5-2/h3,7H,4-5,8H2,1-2H3. The van der Waals surface area contributed by atoms with Gasteiger partial charge in [0.2, 0.25) is 0 Å². The molecule has 0 aliphatic rings. The Bertz CT molecular complexity index is 123. The highest BCUT2D eigenvalue weighted by Crippen LogP contribution is 2.03. The summed E-state index contributed by atoms with van der Waals surface area (Å²) in [6.45, 7) is 4.24. The van der Waals surface area contributed by atoms with E-state index in [2.05, 4.69) is 25.8 Å². The van der Waals surface area contributed by atoms with Gasteiger partial charge in [-0.2, -0.15) is 0 Å². The summed E-state index contributed by atoms with van der Waals surface area (Å²) in [7, 11) is 0. The van der Waals surface area contributed by atoms with E-state index in [0.717, 1.165) is 24.8 Å². The molecule has 0 amide bonds. The summed E-state index contributed by atoms with van der Waals surface area (Å²) in [5.74, 6) is 2.66. The van der Waals surface area contributed by atoms with Gasteiger partial charge in [0.25, 0.3) is 0 Å². The van der Waals surface area contributed by atoms with Gasteiger partial charge in [-0.15, -0.1) is 6.42 Å². The minimum atomic E-state index is 1.06. The van der Waals surface area contributed by atoms with Gasteiger partial charge in [-0.25, -0.2) is 0 Å². The molecule has 0 aromatic heterocycles. The van der Waals surface area contributed by atoms with E-state index in [4.69, 9.17) is 6.42 Å². The Morgan fingerprint density at radius 1 is 1.56 bits per heavy atom. The third kappa shape index (κ3) is 3.85. The zero-order chi connectivity index (χ0) is 7.11. The molecule has 0 aromatic carbocycles. The fourth-order valence-corrected chi connectivity index (χ4v) is 0.749. The van der Waals surface area contributed by atoms with Crippen molar-refractivity contribution >= 4 is 0 Å². The van der Waals surface area contributed by atoms with Gasteiger partial charge in [0.15, 0.2) is 0 Å². The maximum Gasteiger partial charge on any atom is -0.00225 e.